The summed E-state index contributed by atoms with van der Waals surface area (Å²) in [6.45, 7) is 24.8. The van der Waals surface area contributed by atoms with Crippen molar-refractivity contribution in [2.45, 2.75) is 74.7 Å². The van der Waals surface area contributed by atoms with Crippen molar-refractivity contribution < 1.29 is 0 Å². The molecule has 0 aliphatic heterocycles. The van der Waals surface area contributed by atoms with Crippen molar-refractivity contribution in [1.29, 1.82) is 0 Å². The maximum atomic E-state index is 3.67. The number of rotatable bonds is 6. The van der Waals surface area contributed by atoms with Crippen LogP contribution < -0.4 is 0 Å². The summed E-state index contributed by atoms with van der Waals surface area (Å²) in [5.74, 6) is 2.68. The van der Waals surface area contributed by atoms with Gasteiger partial charge in [-0.3, -0.25) is 0 Å². The van der Waals surface area contributed by atoms with Gasteiger partial charge in [0.25, 0.3) is 0 Å². The van der Waals surface area contributed by atoms with E-state index in [1.165, 1.54) is 18.4 Å². The Hall–Kier alpha value is -0.780. The van der Waals surface area contributed by atoms with Gasteiger partial charge in [0.2, 0.25) is 0 Å². The highest BCUT2D eigenvalue weighted by Crippen LogP contribution is 2.22. The van der Waals surface area contributed by atoms with Gasteiger partial charge in [-0.05, 0) is 44.4 Å². The topological polar surface area (TPSA) is 0 Å². The van der Waals surface area contributed by atoms with Gasteiger partial charge in [-0.25, -0.2) is 0 Å². The quantitative estimate of drug-likeness (QED) is 0.350. The zero-order valence-electron chi connectivity index (χ0n) is 15.5. The van der Waals surface area contributed by atoms with Crippen molar-refractivity contribution in [2.24, 2.45) is 17.8 Å². The van der Waals surface area contributed by atoms with Gasteiger partial charge in [-0.1, -0.05) is 78.3 Å². The minimum absolute atomic E-state index is 0.868. The normalized spacial score (nSPS) is 11.5. The van der Waals surface area contributed by atoms with E-state index in [1.807, 2.05) is 26.0 Å². The van der Waals surface area contributed by atoms with Gasteiger partial charge in [-0.2, -0.15) is 0 Å². The summed E-state index contributed by atoms with van der Waals surface area (Å²) >= 11 is 0. The molecule has 0 saturated heterocycles. The van der Waals surface area contributed by atoms with Crippen LogP contribution in [0.5, 0.6) is 0 Å². The SMILES string of the molecule is C=C(C)CC.C=C/C=C\C.CCC(CC(C)C)C(C)C. The summed E-state index contributed by atoms with van der Waals surface area (Å²) in [6, 6.07) is 0. The predicted molar refractivity (Wildman–Crippen MR) is 98.2 cm³/mol. The monoisotopic (exact) mass is 280 g/mol. The van der Waals surface area contributed by atoms with Crippen LogP contribution in [0.1, 0.15) is 74.7 Å². The predicted octanol–water partition coefficient (Wildman–Crippen LogP) is 7.44. The largest absolute Gasteiger partial charge is 0.100 e. The van der Waals surface area contributed by atoms with Crippen LogP contribution in [-0.4, -0.2) is 0 Å². The summed E-state index contributed by atoms with van der Waals surface area (Å²) in [5.41, 5.74) is 1.25. The van der Waals surface area contributed by atoms with Crippen LogP contribution in [0.3, 0.4) is 0 Å². The van der Waals surface area contributed by atoms with E-state index in [1.54, 1.807) is 6.08 Å². The second-order valence-corrected chi connectivity index (χ2v) is 6.11. The van der Waals surface area contributed by atoms with Crippen molar-refractivity contribution in [3.8, 4) is 0 Å². The highest BCUT2D eigenvalue weighted by atomic mass is 14.2. The summed E-state index contributed by atoms with van der Waals surface area (Å²) in [5, 5.41) is 0. The van der Waals surface area contributed by atoms with Gasteiger partial charge in [0.15, 0.2) is 0 Å². The fourth-order valence-corrected chi connectivity index (χ4v) is 1.65. The van der Waals surface area contributed by atoms with Gasteiger partial charge in [-0.15, -0.1) is 6.58 Å². The third-order valence-corrected chi connectivity index (χ3v) is 3.17. The molecule has 0 radical (unpaired) electrons. The highest BCUT2D eigenvalue weighted by Gasteiger charge is 2.11. The van der Waals surface area contributed by atoms with Crippen LogP contribution in [0.2, 0.25) is 0 Å². The Morgan fingerprint density at radius 2 is 1.55 bits per heavy atom. The molecule has 0 heterocycles. The van der Waals surface area contributed by atoms with Gasteiger partial charge in [0, 0.05) is 0 Å². The van der Waals surface area contributed by atoms with Gasteiger partial charge in [0.05, 0.1) is 0 Å². The molecule has 0 heteroatoms. The number of hydrogen-bond acceptors (Lipinski definition) is 0. The molecule has 0 aromatic heterocycles. The molecule has 0 spiro atoms. The summed E-state index contributed by atoms with van der Waals surface area (Å²) in [7, 11) is 0. The van der Waals surface area contributed by atoms with E-state index in [-0.39, 0.29) is 0 Å². The molecule has 120 valence electrons. The molecule has 20 heavy (non-hydrogen) atoms. The van der Waals surface area contributed by atoms with Crippen LogP contribution >= 0.6 is 0 Å². The lowest BCUT2D eigenvalue weighted by atomic mass is 9.86. The van der Waals surface area contributed by atoms with Crippen LogP contribution in [0.15, 0.2) is 37.0 Å². The molecular formula is C20H40. The Morgan fingerprint density at radius 1 is 1.10 bits per heavy atom. The molecule has 0 N–H and O–H groups in total. The fraction of sp³-hybridized carbons (Fsp3) is 0.700. The molecule has 1 atom stereocenters. The molecule has 0 saturated carbocycles. The minimum Gasteiger partial charge on any atom is -0.100 e. The first kappa shape index (κ1) is 24.3. The average Bonchev–Trinajstić information content (AvgIpc) is 2.37. The van der Waals surface area contributed by atoms with Gasteiger partial charge in [0.1, 0.15) is 0 Å². The Labute approximate surface area is 130 Å². The van der Waals surface area contributed by atoms with Gasteiger partial charge < -0.3 is 0 Å². The molecule has 0 bridgehead atoms. The molecule has 0 aliphatic carbocycles. The smallest absolute Gasteiger partial charge is 0.0354 e. The number of hydrogen-bond donors (Lipinski definition) is 0. The first-order chi connectivity index (χ1) is 9.26. The lowest BCUT2D eigenvalue weighted by Gasteiger charge is -2.20. The Bertz CT molecular complexity index is 230. The molecule has 1 unspecified atom stereocenters. The molecular weight excluding hydrogens is 240 g/mol. The lowest BCUT2D eigenvalue weighted by Crippen LogP contribution is -2.10. The van der Waals surface area contributed by atoms with Crippen molar-refractivity contribution in [2.75, 3.05) is 0 Å². The molecule has 0 aromatic carbocycles. The Kier molecular flexibility index (Phi) is 22.1. The van der Waals surface area contributed by atoms with Crippen molar-refractivity contribution in [3.05, 3.63) is 37.0 Å². The van der Waals surface area contributed by atoms with Crippen LogP contribution in [0, 0.1) is 17.8 Å². The molecule has 0 rings (SSSR count). The molecule has 0 aromatic rings. The third kappa shape index (κ3) is 25.9. The van der Waals surface area contributed by atoms with E-state index in [9.17, 15) is 0 Å². The summed E-state index contributed by atoms with van der Waals surface area (Å²) < 4.78 is 0. The van der Waals surface area contributed by atoms with Gasteiger partial charge >= 0.3 is 0 Å². The summed E-state index contributed by atoms with van der Waals surface area (Å²) in [4.78, 5) is 0. The fourth-order valence-electron chi connectivity index (χ4n) is 1.65. The molecule has 0 nitrogen and oxygen atoms in total. The molecule has 0 amide bonds. The highest BCUT2D eigenvalue weighted by molar-refractivity contribution is 4.94. The van der Waals surface area contributed by atoms with E-state index in [0.717, 1.165) is 24.2 Å². The van der Waals surface area contributed by atoms with Crippen LogP contribution in [0.4, 0.5) is 0 Å². The van der Waals surface area contributed by atoms with Crippen molar-refractivity contribution in [1.82, 2.24) is 0 Å². The van der Waals surface area contributed by atoms with Crippen LogP contribution in [0.25, 0.3) is 0 Å². The van der Waals surface area contributed by atoms with Crippen molar-refractivity contribution >= 4 is 0 Å². The minimum atomic E-state index is 0.868. The lowest BCUT2D eigenvalue weighted by molar-refractivity contribution is 0.308. The van der Waals surface area contributed by atoms with E-state index < -0.39 is 0 Å². The average molecular weight is 281 g/mol. The second-order valence-electron chi connectivity index (χ2n) is 6.11. The number of allylic oxidation sites excluding steroid dienone is 4. The third-order valence-electron chi connectivity index (χ3n) is 3.17. The van der Waals surface area contributed by atoms with Crippen molar-refractivity contribution in [3.63, 3.8) is 0 Å². The first-order valence-electron chi connectivity index (χ1n) is 8.14. The standard InChI is InChI=1S/C10H22.C5H10.C5H8/c1-6-10(9(4)5)7-8(2)3;1-4-5(2)3;1-3-5-4-2/h8-10H,6-7H2,1-5H3;2,4H2,1,3H3;3-5H,1H2,2H3/b;;5-4-. The van der Waals surface area contributed by atoms with E-state index >= 15 is 0 Å². The maximum Gasteiger partial charge on any atom is -0.0354 e. The molecule has 0 fully saturated rings. The Morgan fingerprint density at radius 3 is 1.60 bits per heavy atom. The summed E-state index contributed by atoms with van der Waals surface area (Å²) in [6.07, 6.45) is 9.43. The first-order valence-corrected chi connectivity index (χ1v) is 8.14. The maximum absolute atomic E-state index is 3.67. The van der Waals surface area contributed by atoms with Crippen LogP contribution in [-0.2, 0) is 0 Å². The Balaban J connectivity index is -0.000000244. The van der Waals surface area contributed by atoms with E-state index in [4.69, 9.17) is 0 Å². The second kappa shape index (κ2) is 18.2. The zero-order valence-corrected chi connectivity index (χ0v) is 15.5. The zero-order chi connectivity index (χ0) is 16.6. The van der Waals surface area contributed by atoms with E-state index in [0.29, 0.717) is 0 Å². The molecule has 0 aliphatic rings. The van der Waals surface area contributed by atoms with E-state index in [2.05, 4.69) is 54.7 Å².